The standard InChI is InChI=1S/C16H24N2O2/c1-19-10-11-5-6-18(9-11)15-7-12-3-4-13(20-2)8-14(12)16(15)17/h3-4,8,11,15-16H,5-7,9-10,17H2,1-2H3. The monoisotopic (exact) mass is 276 g/mol. The van der Waals surface area contributed by atoms with Gasteiger partial charge in [-0.3, -0.25) is 4.90 Å². The molecule has 1 aliphatic heterocycles. The highest BCUT2D eigenvalue weighted by molar-refractivity contribution is 5.42. The van der Waals surface area contributed by atoms with Crippen LogP contribution >= 0.6 is 0 Å². The van der Waals surface area contributed by atoms with Crippen molar-refractivity contribution in [3.8, 4) is 5.75 Å². The van der Waals surface area contributed by atoms with Crippen LogP contribution in [0.2, 0.25) is 0 Å². The molecule has 3 unspecified atom stereocenters. The zero-order valence-electron chi connectivity index (χ0n) is 12.3. The minimum absolute atomic E-state index is 0.0985. The van der Waals surface area contributed by atoms with Gasteiger partial charge in [0.15, 0.2) is 0 Å². The van der Waals surface area contributed by atoms with Crippen molar-refractivity contribution in [1.29, 1.82) is 0 Å². The molecular weight excluding hydrogens is 252 g/mol. The van der Waals surface area contributed by atoms with Crippen molar-refractivity contribution in [3.05, 3.63) is 29.3 Å². The summed E-state index contributed by atoms with van der Waals surface area (Å²) < 4.78 is 10.6. The number of hydrogen-bond donors (Lipinski definition) is 1. The summed E-state index contributed by atoms with van der Waals surface area (Å²) in [6, 6.07) is 6.82. The van der Waals surface area contributed by atoms with E-state index in [0.29, 0.717) is 12.0 Å². The van der Waals surface area contributed by atoms with Crippen molar-refractivity contribution >= 4 is 0 Å². The maximum atomic E-state index is 6.48. The third-order valence-corrected chi connectivity index (χ3v) is 4.74. The summed E-state index contributed by atoms with van der Waals surface area (Å²) in [6.45, 7) is 3.11. The highest BCUT2D eigenvalue weighted by Gasteiger charge is 2.37. The first kappa shape index (κ1) is 13.9. The Balaban J connectivity index is 1.72. The lowest BCUT2D eigenvalue weighted by molar-refractivity contribution is 0.144. The minimum atomic E-state index is 0.0985. The summed E-state index contributed by atoms with van der Waals surface area (Å²) in [5.74, 6) is 1.56. The van der Waals surface area contributed by atoms with Crippen LogP contribution in [0.1, 0.15) is 23.6 Å². The van der Waals surface area contributed by atoms with Gasteiger partial charge < -0.3 is 15.2 Å². The van der Waals surface area contributed by atoms with Gasteiger partial charge in [0.1, 0.15) is 5.75 Å². The molecule has 2 N–H and O–H groups in total. The van der Waals surface area contributed by atoms with Crippen LogP contribution in [-0.4, -0.2) is 44.9 Å². The van der Waals surface area contributed by atoms with Crippen LogP contribution < -0.4 is 10.5 Å². The van der Waals surface area contributed by atoms with E-state index >= 15 is 0 Å². The second kappa shape index (κ2) is 5.72. The van der Waals surface area contributed by atoms with Gasteiger partial charge in [0, 0.05) is 25.7 Å². The Bertz CT molecular complexity index is 478. The molecule has 0 spiro atoms. The van der Waals surface area contributed by atoms with E-state index in [4.69, 9.17) is 15.2 Å². The van der Waals surface area contributed by atoms with Gasteiger partial charge in [-0.1, -0.05) is 6.07 Å². The van der Waals surface area contributed by atoms with Crippen LogP contribution in [0.25, 0.3) is 0 Å². The molecule has 2 aliphatic rings. The molecule has 1 saturated heterocycles. The van der Waals surface area contributed by atoms with Crippen molar-refractivity contribution in [2.75, 3.05) is 33.9 Å². The lowest BCUT2D eigenvalue weighted by Gasteiger charge is -2.27. The van der Waals surface area contributed by atoms with Gasteiger partial charge in [0.05, 0.1) is 13.7 Å². The number of likely N-dealkylation sites (tertiary alicyclic amines) is 1. The van der Waals surface area contributed by atoms with Crippen LogP contribution in [0.15, 0.2) is 18.2 Å². The van der Waals surface area contributed by atoms with Crippen molar-refractivity contribution in [3.63, 3.8) is 0 Å². The van der Waals surface area contributed by atoms with Gasteiger partial charge in [-0.05, 0) is 48.6 Å². The molecule has 0 amide bonds. The fourth-order valence-corrected chi connectivity index (χ4v) is 3.65. The van der Waals surface area contributed by atoms with Crippen molar-refractivity contribution in [2.45, 2.75) is 24.9 Å². The number of nitrogens with zero attached hydrogens (tertiary/aromatic N) is 1. The van der Waals surface area contributed by atoms with Crippen LogP contribution in [-0.2, 0) is 11.2 Å². The fourth-order valence-electron chi connectivity index (χ4n) is 3.65. The highest BCUT2D eigenvalue weighted by Crippen LogP contribution is 2.37. The fraction of sp³-hybridized carbons (Fsp3) is 0.625. The molecule has 3 atom stereocenters. The van der Waals surface area contributed by atoms with Gasteiger partial charge in [-0.2, -0.15) is 0 Å². The van der Waals surface area contributed by atoms with E-state index in [9.17, 15) is 0 Å². The molecule has 4 heteroatoms. The molecule has 1 fully saturated rings. The lowest BCUT2D eigenvalue weighted by Crippen LogP contribution is -2.39. The van der Waals surface area contributed by atoms with E-state index in [-0.39, 0.29) is 6.04 Å². The smallest absolute Gasteiger partial charge is 0.119 e. The predicted molar refractivity (Wildman–Crippen MR) is 79.0 cm³/mol. The number of rotatable bonds is 4. The molecule has 20 heavy (non-hydrogen) atoms. The van der Waals surface area contributed by atoms with Gasteiger partial charge in [-0.25, -0.2) is 0 Å². The molecule has 1 aliphatic carbocycles. The molecule has 110 valence electrons. The van der Waals surface area contributed by atoms with Gasteiger partial charge in [0.25, 0.3) is 0 Å². The lowest BCUT2D eigenvalue weighted by atomic mass is 10.1. The first-order valence-electron chi connectivity index (χ1n) is 7.38. The Morgan fingerprint density at radius 2 is 2.20 bits per heavy atom. The Morgan fingerprint density at radius 3 is 2.95 bits per heavy atom. The zero-order valence-corrected chi connectivity index (χ0v) is 12.3. The Kier molecular flexibility index (Phi) is 3.96. The second-order valence-electron chi connectivity index (χ2n) is 5.97. The van der Waals surface area contributed by atoms with Crippen molar-refractivity contribution in [2.24, 2.45) is 11.7 Å². The molecule has 0 aromatic heterocycles. The summed E-state index contributed by atoms with van der Waals surface area (Å²) in [4.78, 5) is 2.54. The molecule has 0 radical (unpaired) electrons. The summed E-state index contributed by atoms with van der Waals surface area (Å²) in [5.41, 5.74) is 9.11. The number of nitrogens with two attached hydrogens (primary N) is 1. The molecule has 3 rings (SSSR count). The first-order chi connectivity index (χ1) is 9.72. The van der Waals surface area contributed by atoms with Gasteiger partial charge >= 0.3 is 0 Å². The maximum Gasteiger partial charge on any atom is 0.119 e. The van der Waals surface area contributed by atoms with Crippen molar-refractivity contribution in [1.82, 2.24) is 4.90 Å². The topological polar surface area (TPSA) is 47.7 Å². The zero-order chi connectivity index (χ0) is 14.1. The number of benzene rings is 1. The SMILES string of the molecule is COCC1CCN(C2Cc3ccc(OC)cc3C2N)C1. The number of fused-ring (bicyclic) bond motifs is 1. The predicted octanol–water partition coefficient (Wildman–Crippen LogP) is 1.59. The number of hydrogen-bond acceptors (Lipinski definition) is 4. The number of methoxy groups -OCH3 is 2. The third-order valence-electron chi connectivity index (χ3n) is 4.74. The normalized spacial score (nSPS) is 29.6. The maximum absolute atomic E-state index is 6.48. The first-order valence-corrected chi connectivity index (χ1v) is 7.38. The van der Waals surface area contributed by atoms with Crippen molar-refractivity contribution < 1.29 is 9.47 Å². The Hall–Kier alpha value is -1.10. The van der Waals surface area contributed by atoms with E-state index in [1.165, 1.54) is 17.5 Å². The molecule has 1 aromatic carbocycles. The molecule has 1 aromatic rings. The average molecular weight is 276 g/mol. The molecule has 4 nitrogen and oxygen atoms in total. The Morgan fingerprint density at radius 1 is 1.35 bits per heavy atom. The summed E-state index contributed by atoms with van der Waals surface area (Å²) in [6.07, 6.45) is 2.27. The molecule has 1 heterocycles. The largest absolute Gasteiger partial charge is 0.497 e. The van der Waals surface area contributed by atoms with E-state index in [0.717, 1.165) is 31.9 Å². The molecular formula is C16H24N2O2. The Labute approximate surface area is 120 Å². The number of ether oxygens (including phenoxy) is 2. The third kappa shape index (κ3) is 2.43. The average Bonchev–Trinajstić information content (AvgIpc) is 3.04. The van der Waals surface area contributed by atoms with E-state index in [2.05, 4.69) is 17.0 Å². The van der Waals surface area contributed by atoms with Crippen LogP contribution in [0.5, 0.6) is 5.75 Å². The highest BCUT2D eigenvalue weighted by atomic mass is 16.5. The summed E-state index contributed by atoms with van der Waals surface area (Å²) >= 11 is 0. The molecule has 0 saturated carbocycles. The quantitative estimate of drug-likeness (QED) is 0.907. The van der Waals surface area contributed by atoms with Crippen LogP contribution in [0.4, 0.5) is 0 Å². The minimum Gasteiger partial charge on any atom is -0.497 e. The van der Waals surface area contributed by atoms with E-state index in [1.54, 1.807) is 14.2 Å². The molecule has 0 bridgehead atoms. The second-order valence-corrected chi connectivity index (χ2v) is 5.97. The summed E-state index contributed by atoms with van der Waals surface area (Å²) in [5, 5.41) is 0. The van der Waals surface area contributed by atoms with E-state index in [1.807, 2.05) is 6.07 Å². The van der Waals surface area contributed by atoms with Gasteiger partial charge in [-0.15, -0.1) is 0 Å². The van der Waals surface area contributed by atoms with Crippen LogP contribution in [0.3, 0.4) is 0 Å². The summed E-state index contributed by atoms with van der Waals surface area (Å²) in [7, 11) is 3.49. The van der Waals surface area contributed by atoms with Crippen LogP contribution in [0, 0.1) is 5.92 Å². The van der Waals surface area contributed by atoms with E-state index < -0.39 is 0 Å². The van der Waals surface area contributed by atoms with Gasteiger partial charge in [0.2, 0.25) is 0 Å².